The molecule has 0 aliphatic rings. The molecule has 0 saturated carbocycles. The number of aliphatic carboxylic acids is 1. The lowest BCUT2D eigenvalue weighted by atomic mass is 10.1. The molecule has 4 nitrogen and oxygen atoms in total. The van der Waals surface area contributed by atoms with Gasteiger partial charge < -0.3 is 10.0 Å². The SMILES string of the molecule is CCCCCCN(CC(C)C(=O)O)C(=O)CC(C)C. The average Bonchev–Trinajstić information content (AvgIpc) is 2.31. The Bertz CT molecular complexity index is 277. The van der Waals surface area contributed by atoms with Crippen LogP contribution in [0.5, 0.6) is 0 Å². The Morgan fingerprint density at radius 2 is 1.74 bits per heavy atom. The summed E-state index contributed by atoms with van der Waals surface area (Å²) in [5.74, 6) is -0.941. The molecule has 0 aliphatic heterocycles. The molecule has 0 bridgehead atoms. The van der Waals surface area contributed by atoms with Crippen molar-refractivity contribution in [1.29, 1.82) is 0 Å². The topological polar surface area (TPSA) is 57.6 Å². The molecule has 0 rings (SSSR count). The van der Waals surface area contributed by atoms with Crippen molar-refractivity contribution >= 4 is 11.9 Å². The molecule has 0 aromatic heterocycles. The third-order valence-corrected chi connectivity index (χ3v) is 3.13. The van der Waals surface area contributed by atoms with Gasteiger partial charge in [-0.05, 0) is 12.3 Å². The monoisotopic (exact) mass is 271 g/mol. The number of rotatable bonds is 10. The Morgan fingerprint density at radius 3 is 2.21 bits per heavy atom. The number of amides is 1. The molecule has 0 heterocycles. The van der Waals surface area contributed by atoms with E-state index in [0.717, 1.165) is 19.3 Å². The zero-order chi connectivity index (χ0) is 14.8. The van der Waals surface area contributed by atoms with E-state index in [2.05, 4.69) is 6.92 Å². The molecular weight excluding hydrogens is 242 g/mol. The minimum atomic E-state index is -0.837. The van der Waals surface area contributed by atoms with Gasteiger partial charge in [-0.3, -0.25) is 9.59 Å². The van der Waals surface area contributed by atoms with Crippen LogP contribution in [0, 0.1) is 11.8 Å². The van der Waals surface area contributed by atoms with Gasteiger partial charge in [-0.1, -0.05) is 47.0 Å². The van der Waals surface area contributed by atoms with Gasteiger partial charge in [0.25, 0.3) is 0 Å². The fourth-order valence-electron chi connectivity index (χ4n) is 1.93. The molecule has 0 aromatic rings. The first-order valence-corrected chi connectivity index (χ1v) is 7.39. The Hall–Kier alpha value is -1.06. The standard InChI is InChI=1S/C15H29NO3/c1-5-6-7-8-9-16(11-13(4)15(18)19)14(17)10-12(2)3/h12-13H,5-11H2,1-4H3,(H,18,19). The summed E-state index contributed by atoms with van der Waals surface area (Å²) in [4.78, 5) is 24.8. The lowest BCUT2D eigenvalue weighted by Crippen LogP contribution is -2.38. The van der Waals surface area contributed by atoms with E-state index in [4.69, 9.17) is 5.11 Å². The van der Waals surface area contributed by atoms with Gasteiger partial charge in [-0.15, -0.1) is 0 Å². The second-order valence-electron chi connectivity index (χ2n) is 5.74. The number of hydrogen-bond acceptors (Lipinski definition) is 2. The smallest absolute Gasteiger partial charge is 0.308 e. The summed E-state index contributed by atoms with van der Waals surface area (Å²) in [6.45, 7) is 8.83. The molecule has 0 radical (unpaired) electrons. The summed E-state index contributed by atoms with van der Waals surface area (Å²) in [5.41, 5.74) is 0. The number of carbonyl (C=O) groups is 2. The van der Waals surface area contributed by atoms with Crippen LogP contribution in [-0.2, 0) is 9.59 Å². The summed E-state index contributed by atoms with van der Waals surface area (Å²) in [6.07, 6.45) is 4.89. The van der Waals surface area contributed by atoms with Gasteiger partial charge in [0.2, 0.25) is 5.91 Å². The number of carbonyl (C=O) groups excluding carboxylic acids is 1. The largest absolute Gasteiger partial charge is 0.481 e. The highest BCUT2D eigenvalue weighted by Gasteiger charge is 2.20. The van der Waals surface area contributed by atoms with Crippen LogP contribution in [0.1, 0.15) is 59.8 Å². The molecule has 1 atom stereocenters. The second-order valence-corrected chi connectivity index (χ2v) is 5.74. The predicted molar refractivity (Wildman–Crippen MR) is 77.0 cm³/mol. The van der Waals surface area contributed by atoms with Gasteiger partial charge in [0.1, 0.15) is 0 Å². The van der Waals surface area contributed by atoms with Gasteiger partial charge >= 0.3 is 5.97 Å². The normalized spacial score (nSPS) is 12.5. The second kappa shape index (κ2) is 9.82. The van der Waals surface area contributed by atoms with Crippen molar-refractivity contribution in [3.63, 3.8) is 0 Å². The van der Waals surface area contributed by atoms with Gasteiger partial charge in [-0.25, -0.2) is 0 Å². The van der Waals surface area contributed by atoms with Crippen molar-refractivity contribution in [1.82, 2.24) is 4.90 Å². The van der Waals surface area contributed by atoms with Crippen LogP contribution < -0.4 is 0 Å². The number of nitrogens with zero attached hydrogens (tertiary/aromatic N) is 1. The van der Waals surface area contributed by atoms with E-state index >= 15 is 0 Å². The summed E-state index contributed by atoms with van der Waals surface area (Å²) >= 11 is 0. The number of carboxylic acids is 1. The van der Waals surface area contributed by atoms with E-state index in [1.165, 1.54) is 6.42 Å². The summed E-state index contributed by atoms with van der Waals surface area (Å²) in [5, 5.41) is 8.97. The maximum absolute atomic E-state index is 12.1. The Morgan fingerprint density at radius 1 is 1.11 bits per heavy atom. The molecule has 1 unspecified atom stereocenters. The molecule has 0 aliphatic carbocycles. The maximum Gasteiger partial charge on any atom is 0.308 e. The zero-order valence-electron chi connectivity index (χ0n) is 12.8. The highest BCUT2D eigenvalue weighted by Crippen LogP contribution is 2.10. The van der Waals surface area contributed by atoms with Crippen molar-refractivity contribution in [3.05, 3.63) is 0 Å². The maximum atomic E-state index is 12.1. The minimum Gasteiger partial charge on any atom is -0.481 e. The number of carboxylic acid groups (broad SMARTS) is 1. The predicted octanol–water partition coefficient (Wildman–Crippen LogP) is 3.16. The minimum absolute atomic E-state index is 0.0830. The van der Waals surface area contributed by atoms with Gasteiger partial charge in [-0.2, -0.15) is 0 Å². The molecule has 0 saturated heterocycles. The molecule has 4 heteroatoms. The van der Waals surface area contributed by atoms with Crippen LogP contribution in [0.25, 0.3) is 0 Å². The summed E-state index contributed by atoms with van der Waals surface area (Å²) < 4.78 is 0. The molecular formula is C15H29NO3. The summed E-state index contributed by atoms with van der Waals surface area (Å²) in [7, 11) is 0. The fourth-order valence-corrected chi connectivity index (χ4v) is 1.93. The van der Waals surface area contributed by atoms with Crippen LogP contribution in [0.4, 0.5) is 0 Å². The first-order chi connectivity index (χ1) is 8.88. The van der Waals surface area contributed by atoms with Gasteiger partial charge in [0, 0.05) is 19.5 Å². The van der Waals surface area contributed by atoms with Gasteiger partial charge in [0.15, 0.2) is 0 Å². The number of unbranched alkanes of at least 4 members (excludes halogenated alkanes) is 3. The van der Waals surface area contributed by atoms with E-state index in [1.807, 2.05) is 13.8 Å². The quantitative estimate of drug-likeness (QED) is 0.621. The van der Waals surface area contributed by atoms with Crippen molar-refractivity contribution in [2.45, 2.75) is 59.8 Å². The van der Waals surface area contributed by atoms with Crippen molar-refractivity contribution < 1.29 is 14.7 Å². The molecule has 112 valence electrons. The highest BCUT2D eigenvalue weighted by molar-refractivity contribution is 5.77. The van der Waals surface area contributed by atoms with Crippen molar-refractivity contribution in [2.75, 3.05) is 13.1 Å². The van der Waals surface area contributed by atoms with Crippen LogP contribution in [0.2, 0.25) is 0 Å². The average molecular weight is 271 g/mol. The Kier molecular flexibility index (Phi) is 9.27. The molecule has 1 N–H and O–H groups in total. The molecule has 0 fully saturated rings. The van der Waals surface area contributed by atoms with Crippen LogP contribution >= 0.6 is 0 Å². The van der Waals surface area contributed by atoms with E-state index in [0.29, 0.717) is 25.4 Å². The van der Waals surface area contributed by atoms with Gasteiger partial charge in [0.05, 0.1) is 5.92 Å². The Balaban J connectivity index is 4.36. The zero-order valence-corrected chi connectivity index (χ0v) is 12.8. The molecule has 0 aromatic carbocycles. The van der Waals surface area contributed by atoms with E-state index in [9.17, 15) is 9.59 Å². The number of hydrogen-bond donors (Lipinski definition) is 1. The first kappa shape index (κ1) is 17.9. The lowest BCUT2D eigenvalue weighted by Gasteiger charge is -2.25. The first-order valence-electron chi connectivity index (χ1n) is 7.39. The van der Waals surface area contributed by atoms with Crippen molar-refractivity contribution in [2.24, 2.45) is 11.8 Å². The highest BCUT2D eigenvalue weighted by atomic mass is 16.4. The Labute approximate surface area is 117 Å². The van der Waals surface area contributed by atoms with E-state index in [-0.39, 0.29) is 5.91 Å². The van der Waals surface area contributed by atoms with E-state index in [1.54, 1.807) is 11.8 Å². The fraction of sp³-hybridized carbons (Fsp3) is 0.867. The molecule has 1 amide bonds. The third kappa shape index (κ3) is 8.62. The molecule has 0 spiro atoms. The van der Waals surface area contributed by atoms with Crippen molar-refractivity contribution in [3.8, 4) is 0 Å². The van der Waals surface area contributed by atoms with Crippen LogP contribution in [0.3, 0.4) is 0 Å². The third-order valence-electron chi connectivity index (χ3n) is 3.13. The van der Waals surface area contributed by atoms with Crippen LogP contribution in [-0.4, -0.2) is 35.0 Å². The van der Waals surface area contributed by atoms with Crippen LogP contribution in [0.15, 0.2) is 0 Å². The van der Waals surface area contributed by atoms with E-state index < -0.39 is 11.9 Å². The lowest BCUT2D eigenvalue weighted by molar-refractivity contribution is -0.143. The molecule has 19 heavy (non-hydrogen) atoms. The summed E-state index contributed by atoms with van der Waals surface area (Å²) in [6, 6.07) is 0.